The Morgan fingerprint density at radius 3 is 2.28 bits per heavy atom. The number of carbonyl (C=O) groups excluding carboxylic acids is 1. The average Bonchev–Trinajstić information content (AvgIpc) is 2.88. The zero-order valence-corrected chi connectivity index (χ0v) is 16.6. The summed E-state index contributed by atoms with van der Waals surface area (Å²) in [7, 11) is 2.22. The molecule has 5 nitrogen and oxygen atoms in total. The van der Waals surface area contributed by atoms with E-state index >= 15 is 0 Å². The SMILES string of the molecule is CC1CCN(C(=O)[C@H](C)N2CCCC[C@@H](N3CCN(C)CC3)C2)CC1. The molecule has 0 radical (unpaired) electrons. The fourth-order valence-electron chi connectivity index (χ4n) is 4.63. The zero-order chi connectivity index (χ0) is 17.8. The summed E-state index contributed by atoms with van der Waals surface area (Å²) in [5.74, 6) is 1.14. The van der Waals surface area contributed by atoms with Crippen LogP contribution in [0.5, 0.6) is 0 Å². The van der Waals surface area contributed by atoms with Crippen molar-refractivity contribution >= 4 is 5.91 Å². The molecule has 0 aromatic rings. The lowest BCUT2D eigenvalue weighted by Crippen LogP contribution is -2.55. The van der Waals surface area contributed by atoms with Crippen molar-refractivity contribution in [3.05, 3.63) is 0 Å². The Kier molecular flexibility index (Phi) is 6.75. The third-order valence-electron chi connectivity index (χ3n) is 6.73. The first-order chi connectivity index (χ1) is 12.0. The van der Waals surface area contributed by atoms with E-state index in [1.54, 1.807) is 0 Å². The molecule has 3 fully saturated rings. The molecule has 144 valence electrons. The van der Waals surface area contributed by atoms with E-state index in [4.69, 9.17) is 0 Å². The number of hydrogen-bond acceptors (Lipinski definition) is 4. The second kappa shape index (κ2) is 8.83. The molecule has 0 aromatic heterocycles. The van der Waals surface area contributed by atoms with Gasteiger partial charge in [0.05, 0.1) is 6.04 Å². The van der Waals surface area contributed by atoms with E-state index in [1.807, 2.05) is 0 Å². The first-order valence-electron chi connectivity index (χ1n) is 10.5. The molecular formula is C20H38N4O. The highest BCUT2D eigenvalue weighted by molar-refractivity contribution is 5.81. The lowest BCUT2D eigenvalue weighted by molar-refractivity contribution is -0.138. The number of piperazine rings is 1. The van der Waals surface area contributed by atoms with Crippen LogP contribution in [-0.2, 0) is 4.79 Å². The van der Waals surface area contributed by atoms with E-state index in [0.717, 1.165) is 32.1 Å². The molecule has 0 bridgehead atoms. The van der Waals surface area contributed by atoms with E-state index in [1.165, 1.54) is 58.3 Å². The second-order valence-corrected chi connectivity index (χ2v) is 8.67. The van der Waals surface area contributed by atoms with Crippen LogP contribution >= 0.6 is 0 Å². The Hall–Kier alpha value is -0.650. The van der Waals surface area contributed by atoms with Crippen molar-refractivity contribution in [2.45, 2.75) is 58.0 Å². The Labute approximate surface area is 154 Å². The maximum Gasteiger partial charge on any atom is 0.239 e. The zero-order valence-electron chi connectivity index (χ0n) is 16.6. The third kappa shape index (κ3) is 4.95. The molecule has 3 rings (SSSR count). The Morgan fingerprint density at radius 1 is 0.920 bits per heavy atom. The minimum Gasteiger partial charge on any atom is -0.341 e. The number of rotatable bonds is 3. The lowest BCUT2D eigenvalue weighted by Gasteiger charge is -2.41. The Bertz CT molecular complexity index is 427. The van der Waals surface area contributed by atoms with Crippen molar-refractivity contribution in [3.8, 4) is 0 Å². The van der Waals surface area contributed by atoms with Crippen LogP contribution in [0, 0.1) is 5.92 Å². The van der Waals surface area contributed by atoms with Gasteiger partial charge in [0, 0.05) is 51.9 Å². The van der Waals surface area contributed by atoms with Crippen molar-refractivity contribution in [2.75, 3.05) is 59.4 Å². The van der Waals surface area contributed by atoms with Crippen LogP contribution in [0.25, 0.3) is 0 Å². The molecule has 0 aromatic carbocycles. The number of piperidine rings is 1. The lowest BCUT2D eigenvalue weighted by atomic mass is 9.98. The summed E-state index contributed by atoms with van der Waals surface area (Å²) < 4.78 is 0. The Balaban J connectivity index is 1.57. The van der Waals surface area contributed by atoms with Gasteiger partial charge in [-0.2, -0.15) is 0 Å². The molecule has 2 atom stereocenters. The second-order valence-electron chi connectivity index (χ2n) is 8.67. The molecule has 0 saturated carbocycles. The van der Waals surface area contributed by atoms with Gasteiger partial charge in [-0.05, 0) is 52.1 Å². The highest BCUT2D eigenvalue weighted by Crippen LogP contribution is 2.22. The topological polar surface area (TPSA) is 30.0 Å². The number of likely N-dealkylation sites (tertiary alicyclic amines) is 2. The summed E-state index contributed by atoms with van der Waals surface area (Å²) in [5.41, 5.74) is 0. The maximum absolute atomic E-state index is 13.0. The van der Waals surface area contributed by atoms with Crippen LogP contribution in [0.2, 0.25) is 0 Å². The van der Waals surface area contributed by atoms with E-state index in [2.05, 4.69) is 40.5 Å². The van der Waals surface area contributed by atoms with Gasteiger partial charge in [0.2, 0.25) is 5.91 Å². The molecular weight excluding hydrogens is 312 g/mol. The predicted molar refractivity (Wildman–Crippen MR) is 103 cm³/mol. The molecule has 3 heterocycles. The fourth-order valence-corrected chi connectivity index (χ4v) is 4.63. The molecule has 0 aliphatic carbocycles. The standard InChI is InChI=1S/C20H38N4O/c1-17-7-10-23(11-8-17)20(25)18(2)24-9-5-4-6-19(16-24)22-14-12-21(3)13-15-22/h17-19H,4-16H2,1-3H3/t18-,19+/m0/s1. The molecule has 3 aliphatic heterocycles. The van der Waals surface area contributed by atoms with Crippen molar-refractivity contribution in [2.24, 2.45) is 5.92 Å². The summed E-state index contributed by atoms with van der Waals surface area (Å²) in [5, 5.41) is 0. The summed E-state index contributed by atoms with van der Waals surface area (Å²) in [4.78, 5) is 22.7. The van der Waals surface area contributed by atoms with Gasteiger partial charge in [-0.3, -0.25) is 14.6 Å². The fraction of sp³-hybridized carbons (Fsp3) is 0.950. The van der Waals surface area contributed by atoms with Crippen LogP contribution in [0.15, 0.2) is 0 Å². The smallest absolute Gasteiger partial charge is 0.239 e. The molecule has 3 saturated heterocycles. The molecule has 3 aliphatic rings. The van der Waals surface area contributed by atoms with Gasteiger partial charge in [0.25, 0.3) is 0 Å². The van der Waals surface area contributed by atoms with Crippen LogP contribution in [0.3, 0.4) is 0 Å². The minimum atomic E-state index is 0.0430. The molecule has 25 heavy (non-hydrogen) atoms. The van der Waals surface area contributed by atoms with Gasteiger partial charge in [-0.15, -0.1) is 0 Å². The molecule has 5 heteroatoms. The maximum atomic E-state index is 13.0. The van der Waals surface area contributed by atoms with Gasteiger partial charge in [0.1, 0.15) is 0 Å². The predicted octanol–water partition coefficient (Wildman–Crippen LogP) is 1.74. The molecule has 0 unspecified atom stereocenters. The van der Waals surface area contributed by atoms with Gasteiger partial charge < -0.3 is 9.80 Å². The van der Waals surface area contributed by atoms with Crippen molar-refractivity contribution in [3.63, 3.8) is 0 Å². The van der Waals surface area contributed by atoms with Crippen molar-refractivity contribution in [1.82, 2.24) is 19.6 Å². The van der Waals surface area contributed by atoms with Gasteiger partial charge in [0.15, 0.2) is 0 Å². The van der Waals surface area contributed by atoms with Crippen LogP contribution in [0.1, 0.15) is 46.0 Å². The van der Waals surface area contributed by atoms with Gasteiger partial charge in [-0.25, -0.2) is 0 Å². The van der Waals surface area contributed by atoms with E-state index in [-0.39, 0.29) is 6.04 Å². The third-order valence-corrected chi connectivity index (χ3v) is 6.73. The minimum absolute atomic E-state index is 0.0430. The van der Waals surface area contributed by atoms with E-state index in [0.29, 0.717) is 11.9 Å². The van der Waals surface area contributed by atoms with Gasteiger partial charge in [-0.1, -0.05) is 13.3 Å². The summed E-state index contributed by atoms with van der Waals surface area (Å²) in [6.07, 6.45) is 6.17. The largest absolute Gasteiger partial charge is 0.341 e. The van der Waals surface area contributed by atoms with Crippen LogP contribution in [-0.4, -0.2) is 97.0 Å². The highest BCUT2D eigenvalue weighted by Gasteiger charge is 2.32. The molecule has 0 spiro atoms. The molecule has 1 amide bonds. The summed E-state index contributed by atoms with van der Waals surface area (Å²) in [6, 6.07) is 0.675. The monoisotopic (exact) mass is 350 g/mol. The number of amides is 1. The molecule has 0 N–H and O–H groups in total. The summed E-state index contributed by atoms with van der Waals surface area (Å²) in [6.45, 7) is 13.2. The first kappa shape index (κ1) is 19.1. The Morgan fingerprint density at radius 2 is 1.60 bits per heavy atom. The van der Waals surface area contributed by atoms with Crippen molar-refractivity contribution < 1.29 is 4.79 Å². The number of carbonyl (C=O) groups is 1. The number of likely N-dealkylation sites (N-methyl/N-ethyl adjacent to an activating group) is 1. The first-order valence-corrected chi connectivity index (χ1v) is 10.5. The van der Waals surface area contributed by atoms with Gasteiger partial charge >= 0.3 is 0 Å². The number of nitrogens with zero attached hydrogens (tertiary/aromatic N) is 4. The van der Waals surface area contributed by atoms with Crippen LogP contribution < -0.4 is 0 Å². The van der Waals surface area contributed by atoms with Crippen LogP contribution in [0.4, 0.5) is 0 Å². The van der Waals surface area contributed by atoms with Crippen molar-refractivity contribution in [1.29, 1.82) is 0 Å². The average molecular weight is 351 g/mol. The highest BCUT2D eigenvalue weighted by atomic mass is 16.2. The summed E-state index contributed by atoms with van der Waals surface area (Å²) >= 11 is 0. The number of hydrogen-bond donors (Lipinski definition) is 0. The quantitative estimate of drug-likeness (QED) is 0.776. The normalized spacial score (nSPS) is 30.2. The van der Waals surface area contributed by atoms with E-state index < -0.39 is 0 Å². The van der Waals surface area contributed by atoms with E-state index in [9.17, 15) is 4.79 Å².